The van der Waals surface area contributed by atoms with Gasteiger partial charge in [0.25, 0.3) is 0 Å². The average Bonchev–Trinajstić information content (AvgIpc) is 3.58. The molecule has 2 heteroatoms. The minimum absolute atomic E-state index is 1.09. The summed E-state index contributed by atoms with van der Waals surface area (Å²) in [4.78, 5) is 2.43. The average molecular weight is 689 g/mol. The van der Waals surface area contributed by atoms with Gasteiger partial charge in [0.15, 0.2) is 0 Å². The summed E-state index contributed by atoms with van der Waals surface area (Å²) in [6, 6.07) is 78.9. The number of rotatable bonds is 7. The van der Waals surface area contributed by atoms with Crippen molar-refractivity contribution in [3.63, 3.8) is 0 Å². The summed E-state index contributed by atoms with van der Waals surface area (Å²) in [6.07, 6.45) is 0. The van der Waals surface area contributed by atoms with E-state index < -0.39 is 0 Å². The zero-order valence-electron chi connectivity index (χ0n) is 29.7. The molecule has 0 saturated heterocycles. The largest absolute Gasteiger partial charge is 0.309 e. The van der Waals surface area contributed by atoms with E-state index in [1.165, 1.54) is 60.4 Å². The van der Waals surface area contributed by atoms with E-state index >= 15 is 0 Å². The van der Waals surface area contributed by atoms with Crippen LogP contribution in [0.1, 0.15) is 0 Å². The van der Waals surface area contributed by atoms with Gasteiger partial charge in [0.05, 0.1) is 28.1 Å². The topological polar surface area (TPSA) is 8.17 Å². The van der Waals surface area contributed by atoms with E-state index in [-0.39, 0.29) is 0 Å². The summed E-state index contributed by atoms with van der Waals surface area (Å²) in [7, 11) is 0. The summed E-state index contributed by atoms with van der Waals surface area (Å²) >= 11 is 0. The number of fused-ring (bicyclic) bond motifs is 4. The molecule has 54 heavy (non-hydrogen) atoms. The summed E-state index contributed by atoms with van der Waals surface area (Å²) in [5, 5.41) is 4.90. The zero-order chi connectivity index (χ0) is 35.8. The highest BCUT2D eigenvalue weighted by Gasteiger charge is 2.21. The lowest BCUT2D eigenvalue weighted by atomic mass is 9.99. The molecule has 1 heterocycles. The molecule has 0 N–H and O–H groups in total. The normalized spacial score (nSPS) is 11.3. The van der Waals surface area contributed by atoms with Gasteiger partial charge in [-0.1, -0.05) is 176 Å². The van der Waals surface area contributed by atoms with Crippen molar-refractivity contribution < 1.29 is 0 Å². The molecule has 0 saturated carbocycles. The van der Waals surface area contributed by atoms with E-state index in [0.29, 0.717) is 0 Å². The molecule has 10 aromatic rings. The van der Waals surface area contributed by atoms with Crippen molar-refractivity contribution in [1.29, 1.82) is 0 Å². The number of hydrogen-bond acceptors (Lipinski definition) is 1. The van der Waals surface area contributed by atoms with Gasteiger partial charge < -0.3 is 9.47 Å². The molecule has 0 aliphatic heterocycles. The maximum atomic E-state index is 2.45. The number of nitrogens with zero attached hydrogens (tertiary/aromatic N) is 2. The van der Waals surface area contributed by atoms with E-state index in [4.69, 9.17) is 0 Å². The molecule has 9 aromatic carbocycles. The second-order valence-electron chi connectivity index (χ2n) is 13.7. The first-order chi connectivity index (χ1) is 26.8. The third kappa shape index (κ3) is 5.44. The first-order valence-electron chi connectivity index (χ1n) is 18.5. The Bertz CT molecular complexity index is 2930. The number of para-hydroxylation sites is 3. The molecule has 254 valence electrons. The second-order valence-corrected chi connectivity index (χ2v) is 13.7. The van der Waals surface area contributed by atoms with Crippen molar-refractivity contribution in [2.75, 3.05) is 4.90 Å². The lowest BCUT2D eigenvalue weighted by Crippen LogP contribution is -2.12. The predicted octanol–water partition coefficient (Wildman–Crippen LogP) is 14.4. The van der Waals surface area contributed by atoms with Crippen LogP contribution in [0.2, 0.25) is 0 Å². The maximum absolute atomic E-state index is 2.45. The summed E-state index contributed by atoms with van der Waals surface area (Å²) in [6.45, 7) is 0. The van der Waals surface area contributed by atoms with Crippen LogP contribution in [0.3, 0.4) is 0 Å². The van der Waals surface area contributed by atoms with Gasteiger partial charge >= 0.3 is 0 Å². The number of aromatic nitrogens is 1. The molecule has 0 radical (unpaired) electrons. The molecule has 0 aliphatic rings. The molecule has 1 aromatic heterocycles. The Morgan fingerprint density at radius 3 is 1.76 bits per heavy atom. The van der Waals surface area contributed by atoms with Gasteiger partial charge in [0.1, 0.15) is 0 Å². The van der Waals surface area contributed by atoms with Gasteiger partial charge in [-0.3, -0.25) is 0 Å². The van der Waals surface area contributed by atoms with E-state index in [9.17, 15) is 0 Å². The molecular weight excluding hydrogens is 653 g/mol. The first kappa shape index (κ1) is 31.6. The molecule has 0 aliphatic carbocycles. The van der Waals surface area contributed by atoms with Crippen LogP contribution < -0.4 is 4.90 Å². The SMILES string of the molecule is c1ccc(-c2ccc3c4ccccc4n(-c4ccccc4-c4cccc(N(c5ccccc5-c5ccccc5)c5cccc6ccccc56)c4)c3c2)cc1. The zero-order valence-corrected chi connectivity index (χ0v) is 29.7. The monoisotopic (exact) mass is 688 g/mol. The van der Waals surface area contributed by atoms with Crippen LogP contribution in [0, 0.1) is 0 Å². The fraction of sp³-hybridized carbons (Fsp3) is 0. The summed E-state index contributed by atoms with van der Waals surface area (Å²) < 4.78 is 2.45. The van der Waals surface area contributed by atoms with Gasteiger partial charge in [-0.05, 0) is 70.1 Å². The van der Waals surface area contributed by atoms with Gasteiger partial charge in [0, 0.05) is 33.0 Å². The van der Waals surface area contributed by atoms with E-state index in [0.717, 1.165) is 28.3 Å². The molecule has 0 unspecified atom stereocenters. The van der Waals surface area contributed by atoms with Crippen molar-refractivity contribution in [2.24, 2.45) is 0 Å². The van der Waals surface area contributed by atoms with Crippen molar-refractivity contribution in [2.45, 2.75) is 0 Å². The van der Waals surface area contributed by atoms with Crippen molar-refractivity contribution >= 4 is 49.6 Å². The van der Waals surface area contributed by atoms with Crippen LogP contribution in [0.25, 0.3) is 71.6 Å². The third-order valence-corrected chi connectivity index (χ3v) is 10.6. The molecule has 0 atom stereocenters. The number of benzene rings is 9. The minimum Gasteiger partial charge on any atom is -0.309 e. The van der Waals surface area contributed by atoms with Crippen molar-refractivity contribution in [3.8, 4) is 39.1 Å². The number of anilines is 3. The lowest BCUT2D eigenvalue weighted by molar-refractivity contribution is 1.18. The molecule has 0 spiro atoms. The van der Waals surface area contributed by atoms with Crippen molar-refractivity contribution in [3.05, 3.63) is 218 Å². The van der Waals surface area contributed by atoms with Crippen LogP contribution in [-0.4, -0.2) is 4.57 Å². The smallest absolute Gasteiger partial charge is 0.0547 e. The molecular formula is C52H36N2. The first-order valence-corrected chi connectivity index (χ1v) is 18.5. The maximum Gasteiger partial charge on any atom is 0.0547 e. The Labute approximate surface area is 315 Å². The second kappa shape index (κ2) is 13.4. The van der Waals surface area contributed by atoms with E-state index in [1.807, 2.05) is 0 Å². The van der Waals surface area contributed by atoms with Gasteiger partial charge in [-0.15, -0.1) is 0 Å². The molecule has 2 nitrogen and oxygen atoms in total. The highest BCUT2D eigenvalue weighted by molar-refractivity contribution is 6.11. The minimum atomic E-state index is 1.09. The van der Waals surface area contributed by atoms with Gasteiger partial charge in [0.2, 0.25) is 0 Å². The quantitative estimate of drug-likeness (QED) is 0.162. The Hall–Kier alpha value is -7.16. The number of hydrogen-bond donors (Lipinski definition) is 0. The van der Waals surface area contributed by atoms with Crippen LogP contribution in [0.4, 0.5) is 17.1 Å². The lowest BCUT2D eigenvalue weighted by Gasteiger charge is -2.29. The summed E-state index contributed by atoms with van der Waals surface area (Å²) in [5.74, 6) is 0. The fourth-order valence-corrected chi connectivity index (χ4v) is 8.11. The Morgan fingerprint density at radius 2 is 0.907 bits per heavy atom. The molecule has 0 bridgehead atoms. The summed E-state index contributed by atoms with van der Waals surface area (Å²) in [5.41, 5.74) is 14.0. The molecule has 0 fully saturated rings. The van der Waals surface area contributed by atoms with Crippen LogP contribution in [-0.2, 0) is 0 Å². The van der Waals surface area contributed by atoms with Crippen LogP contribution >= 0.6 is 0 Å². The van der Waals surface area contributed by atoms with Gasteiger partial charge in [-0.2, -0.15) is 0 Å². The van der Waals surface area contributed by atoms with Crippen LogP contribution in [0.15, 0.2) is 218 Å². The standard InChI is InChI=1S/C52H36N2/c1-3-17-37(18-4-1)40-33-34-47-46-28-11-14-31-51(46)54(52(47)36-40)50-30-13-10-27-45(50)41-23-15-24-42(35-41)53(49-32-16-22-39-21-7-8-25-44(39)49)48-29-12-9-26-43(48)38-19-5-2-6-20-38/h1-36H. The fourth-order valence-electron chi connectivity index (χ4n) is 8.11. The van der Waals surface area contributed by atoms with E-state index in [1.54, 1.807) is 0 Å². The van der Waals surface area contributed by atoms with Crippen LogP contribution in [0.5, 0.6) is 0 Å². The Balaban J connectivity index is 1.19. The predicted molar refractivity (Wildman–Crippen MR) is 229 cm³/mol. The highest BCUT2D eigenvalue weighted by Crippen LogP contribution is 2.45. The van der Waals surface area contributed by atoms with Crippen molar-refractivity contribution in [1.82, 2.24) is 4.57 Å². The highest BCUT2D eigenvalue weighted by atomic mass is 15.1. The molecule has 10 rings (SSSR count). The van der Waals surface area contributed by atoms with Gasteiger partial charge in [-0.25, -0.2) is 0 Å². The molecule has 0 amide bonds. The Morgan fingerprint density at radius 1 is 0.315 bits per heavy atom. The Kier molecular flexibility index (Phi) is 7.85. The third-order valence-electron chi connectivity index (χ3n) is 10.6. The van der Waals surface area contributed by atoms with E-state index in [2.05, 4.69) is 228 Å².